The van der Waals surface area contributed by atoms with Crippen LogP contribution < -0.4 is 5.32 Å². The Balaban J connectivity index is 2.06. The van der Waals surface area contributed by atoms with Gasteiger partial charge in [-0.15, -0.1) is 0 Å². The number of rotatable bonds is 6. The van der Waals surface area contributed by atoms with E-state index in [1.807, 2.05) is 13.8 Å². The Morgan fingerprint density at radius 2 is 1.68 bits per heavy atom. The minimum absolute atomic E-state index is 0.137. The zero-order chi connectivity index (χ0) is 21.1. The predicted molar refractivity (Wildman–Crippen MR) is 108 cm³/mol. The van der Waals surface area contributed by atoms with Crippen LogP contribution in [0, 0.1) is 5.92 Å². The molecule has 1 heterocycles. The molecular weight excluding hydrogens is 404 g/mol. The van der Waals surface area contributed by atoms with Crippen molar-refractivity contribution in [3.63, 3.8) is 0 Å². The van der Waals surface area contributed by atoms with Gasteiger partial charge in [-0.3, -0.25) is 9.59 Å². The fraction of sp³-hybridized carbons (Fsp3) is 0.556. The molecule has 1 unspecified atom stereocenters. The lowest BCUT2D eigenvalue weighted by Crippen LogP contribution is -2.58. The third-order valence-electron chi connectivity index (χ3n) is 4.68. The van der Waals surface area contributed by atoms with Crippen molar-refractivity contribution >= 4 is 33.6 Å². The van der Waals surface area contributed by atoms with Crippen molar-refractivity contribution in [2.75, 3.05) is 40.3 Å². The molecule has 1 aromatic rings. The van der Waals surface area contributed by atoms with Crippen molar-refractivity contribution in [1.82, 2.24) is 18.8 Å². The molecule has 1 N–H and O–H groups in total. The van der Waals surface area contributed by atoms with Gasteiger partial charge in [0.2, 0.25) is 5.91 Å². The molecule has 2 rings (SSSR count). The molecule has 1 aromatic carbocycles. The average Bonchev–Trinajstić information content (AvgIpc) is 2.65. The van der Waals surface area contributed by atoms with E-state index in [2.05, 4.69) is 5.32 Å². The van der Waals surface area contributed by atoms with E-state index < -0.39 is 22.2 Å². The number of nitrogens with zero attached hydrogens (tertiary/aromatic N) is 3. The highest BCUT2D eigenvalue weighted by Crippen LogP contribution is 2.17. The van der Waals surface area contributed by atoms with E-state index in [1.54, 1.807) is 29.2 Å². The first kappa shape index (κ1) is 22.6. The lowest BCUT2D eigenvalue weighted by molar-refractivity contribution is -0.135. The fourth-order valence-electron chi connectivity index (χ4n) is 2.94. The van der Waals surface area contributed by atoms with Crippen LogP contribution in [-0.2, 0) is 15.0 Å². The smallest absolute Gasteiger partial charge is 0.281 e. The Labute approximate surface area is 171 Å². The molecule has 1 atom stereocenters. The number of nitrogens with one attached hydrogen (secondary N) is 1. The second kappa shape index (κ2) is 9.21. The predicted octanol–water partition coefficient (Wildman–Crippen LogP) is 1.05. The van der Waals surface area contributed by atoms with Crippen LogP contribution in [0.1, 0.15) is 24.2 Å². The van der Waals surface area contributed by atoms with E-state index in [4.69, 9.17) is 11.6 Å². The maximum Gasteiger partial charge on any atom is 0.281 e. The summed E-state index contributed by atoms with van der Waals surface area (Å²) in [5.41, 5.74) is 0.310. The van der Waals surface area contributed by atoms with Crippen molar-refractivity contribution in [1.29, 1.82) is 0 Å². The van der Waals surface area contributed by atoms with Crippen LogP contribution >= 0.6 is 11.6 Å². The van der Waals surface area contributed by atoms with E-state index >= 15 is 0 Å². The monoisotopic (exact) mass is 430 g/mol. The molecule has 8 nitrogen and oxygen atoms in total. The number of carbonyl (C=O) groups is 2. The molecule has 0 aromatic heterocycles. The molecule has 1 fully saturated rings. The molecular formula is C18H27ClN4O4S. The van der Waals surface area contributed by atoms with Gasteiger partial charge < -0.3 is 10.2 Å². The zero-order valence-corrected chi connectivity index (χ0v) is 18.1. The normalized spacial score (nSPS) is 17.0. The van der Waals surface area contributed by atoms with Gasteiger partial charge >= 0.3 is 0 Å². The number of hydrogen-bond donors (Lipinski definition) is 1. The van der Waals surface area contributed by atoms with Crippen LogP contribution in [-0.4, -0.2) is 80.1 Å². The van der Waals surface area contributed by atoms with Gasteiger partial charge in [0.25, 0.3) is 16.1 Å². The van der Waals surface area contributed by atoms with E-state index in [9.17, 15) is 18.0 Å². The zero-order valence-electron chi connectivity index (χ0n) is 16.6. The Morgan fingerprint density at radius 1 is 1.11 bits per heavy atom. The first-order chi connectivity index (χ1) is 13.1. The average molecular weight is 431 g/mol. The molecule has 28 heavy (non-hydrogen) atoms. The van der Waals surface area contributed by atoms with Crippen LogP contribution in [0.15, 0.2) is 24.3 Å². The van der Waals surface area contributed by atoms with Crippen molar-refractivity contribution < 1.29 is 18.0 Å². The van der Waals surface area contributed by atoms with Crippen molar-refractivity contribution in [3.05, 3.63) is 34.9 Å². The molecule has 1 aliphatic rings. The van der Waals surface area contributed by atoms with Crippen LogP contribution in [0.3, 0.4) is 0 Å². The summed E-state index contributed by atoms with van der Waals surface area (Å²) in [5, 5.41) is 3.09. The van der Waals surface area contributed by atoms with Gasteiger partial charge in [0.05, 0.1) is 10.6 Å². The quantitative estimate of drug-likeness (QED) is 0.730. The van der Waals surface area contributed by atoms with Gasteiger partial charge in [0.1, 0.15) is 6.04 Å². The topological polar surface area (TPSA) is 90.0 Å². The summed E-state index contributed by atoms with van der Waals surface area (Å²) in [6.45, 7) is 4.68. The lowest BCUT2D eigenvalue weighted by Gasteiger charge is -2.37. The van der Waals surface area contributed by atoms with Gasteiger partial charge in [-0.1, -0.05) is 37.6 Å². The number of amides is 2. The highest BCUT2D eigenvalue weighted by molar-refractivity contribution is 7.86. The van der Waals surface area contributed by atoms with Crippen molar-refractivity contribution in [3.8, 4) is 0 Å². The number of piperazine rings is 1. The minimum atomic E-state index is -3.50. The van der Waals surface area contributed by atoms with Crippen LogP contribution in [0.5, 0.6) is 0 Å². The second-order valence-corrected chi connectivity index (χ2v) is 9.74. The molecule has 156 valence electrons. The summed E-state index contributed by atoms with van der Waals surface area (Å²) in [6.07, 6.45) is 0. The van der Waals surface area contributed by atoms with Gasteiger partial charge in [0.15, 0.2) is 0 Å². The number of carbonyl (C=O) groups excluding carboxylic acids is 2. The highest BCUT2D eigenvalue weighted by atomic mass is 35.5. The highest BCUT2D eigenvalue weighted by Gasteiger charge is 2.34. The Kier molecular flexibility index (Phi) is 7.44. The van der Waals surface area contributed by atoms with Gasteiger partial charge in [-0.2, -0.15) is 17.0 Å². The van der Waals surface area contributed by atoms with Gasteiger partial charge in [-0.25, -0.2) is 0 Å². The molecule has 2 amide bonds. The lowest BCUT2D eigenvalue weighted by atomic mass is 10.0. The number of halogens is 1. The summed E-state index contributed by atoms with van der Waals surface area (Å²) in [6, 6.07) is 5.93. The minimum Gasteiger partial charge on any atom is -0.340 e. The first-order valence-corrected chi connectivity index (χ1v) is 10.8. The summed E-state index contributed by atoms with van der Waals surface area (Å²) in [5.74, 6) is -0.772. The van der Waals surface area contributed by atoms with Gasteiger partial charge in [0, 0.05) is 40.3 Å². The number of benzene rings is 1. The maximum atomic E-state index is 13.0. The summed E-state index contributed by atoms with van der Waals surface area (Å²) >= 11 is 6.07. The van der Waals surface area contributed by atoms with Gasteiger partial charge in [-0.05, 0) is 18.1 Å². The van der Waals surface area contributed by atoms with E-state index in [-0.39, 0.29) is 38.0 Å². The molecule has 0 spiro atoms. The molecule has 0 radical (unpaired) electrons. The molecule has 1 saturated heterocycles. The third kappa shape index (κ3) is 5.02. The first-order valence-electron chi connectivity index (χ1n) is 9.07. The standard InChI is InChI=1S/C18H27ClN4O4S/c1-13(2)16(20-17(24)14-7-5-6-8-15(14)19)18(25)22-9-11-23(12-10-22)28(26,27)21(3)4/h5-8,13,16H,9-12H2,1-4H3,(H,20,24). The molecule has 10 heteroatoms. The Morgan fingerprint density at radius 3 is 2.18 bits per heavy atom. The van der Waals surface area contributed by atoms with Crippen molar-refractivity contribution in [2.24, 2.45) is 5.92 Å². The Hall–Kier alpha value is -1.68. The van der Waals surface area contributed by atoms with Crippen LogP contribution in [0.4, 0.5) is 0 Å². The van der Waals surface area contributed by atoms with E-state index in [0.717, 1.165) is 4.31 Å². The maximum absolute atomic E-state index is 13.0. The molecule has 0 aliphatic carbocycles. The second-order valence-electron chi connectivity index (χ2n) is 7.19. The van der Waals surface area contributed by atoms with E-state index in [1.165, 1.54) is 18.4 Å². The van der Waals surface area contributed by atoms with E-state index in [0.29, 0.717) is 10.6 Å². The SMILES string of the molecule is CC(C)C(NC(=O)c1ccccc1Cl)C(=O)N1CCN(S(=O)(=O)N(C)C)CC1. The summed E-state index contributed by atoms with van der Waals surface area (Å²) < 4.78 is 26.9. The Bertz CT molecular complexity index is 821. The summed E-state index contributed by atoms with van der Waals surface area (Å²) in [4.78, 5) is 27.1. The van der Waals surface area contributed by atoms with Crippen LogP contribution in [0.2, 0.25) is 5.02 Å². The number of hydrogen-bond acceptors (Lipinski definition) is 4. The van der Waals surface area contributed by atoms with Crippen LogP contribution in [0.25, 0.3) is 0 Å². The third-order valence-corrected chi connectivity index (χ3v) is 6.95. The van der Waals surface area contributed by atoms with Crippen molar-refractivity contribution in [2.45, 2.75) is 19.9 Å². The summed E-state index contributed by atoms with van der Waals surface area (Å²) in [7, 11) is -0.545. The molecule has 0 saturated carbocycles. The molecule has 0 bridgehead atoms. The molecule has 1 aliphatic heterocycles. The fourth-order valence-corrected chi connectivity index (χ4v) is 4.25. The largest absolute Gasteiger partial charge is 0.340 e.